The first-order valence-corrected chi connectivity index (χ1v) is 8.91. The fourth-order valence-electron chi connectivity index (χ4n) is 3.27. The third kappa shape index (κ3) is 4.52. The molecule has 1 aromatic carbocycles. The van der Waals surface area contributed by atoms with Crippen LogP contribution in [0.4, 0.5) is 29.3 Å². The minimum Gasteiger partial charge on any atom is -0.381 e. The first-order chi connectivity index (χ1) is 13.2. The van der Waals surface area contributed by atoms with Gasteiger partial charge in [0.25, 0.3) is 0 Å². The highest BCUT2D eigenvalue weighted by molar-refractivity contribution is 5.45. The van der Waals surface area contributed by atoms with Crippen LogP contribution in [0.25, 0.3) is 0 Å². The monoisotopic (exact) mass is 398 g/mol. The molecule has 3 rings (SSSR count). The zero-order valence-corrected chi connectivity index (χ0v) is 15.7. The van der Waals surface area contributed by atoms with Crippen molar-refractivity contribution in [2.24, 2.45) is 0 Å². The van der Waals surface area contributed by atoms with Gasteiger partial charge in [-0.1, -0.05) is 12.1 Å². The quantitative estimate of drug-likeness (QED) is 0.776. The topological polar surface area (TPSA) is 50.3 Å². The van der Waals surface area contributed by atoms with Gasteiger partial charge in [0.15, 0.2) is 5.69 Å². The third-order valence-electron chi connectivity index (χ3n) is 4.95. The SMILES string of the molecule is CN(C)c1cc(C(F)(F)F)nc(NCC2(c3ccc(F)cc3)CCOCC2)n1. The van der Waals surface area contributed by atoms with Gasteiger partial charge in [-0.3, -0.25) is 0 Å². The molecular weight excluding hydrogens is 376 g/mol. The lowest BCUT2D eigenvalue weighted by atomic mass is 9.74. The van der Waals surface area contributed by atoms with Crippen LogP contribution in [0.1, 0.15) is 24.1 Å². The van der Waals surface area contributed by atoms with Gasteiger partial charge in [0, 0.05) is 45.3 Å². The maximum absolute atomic E-state index is 13.3. The lowest BCUT2D eigenvalue weighted by Crippen LogP contribution is -2.40. The molecule has 2 heterocycles. The van der Waals surface area contributed by atoms with Gasteiger partial charge in [-0.2, -0.15) is 18.2 Å². The zero-order valence-electron chi connectivity index (χ0n) is 15.7. The summed E-state index contributed by atoms with van der Waals surface area (Å²) in [6.07, 6.45) is -3.26. The maximum atomic E-state index is 13.3. The molecule has 0 unspecified atom stereocenters. The van der Waals surface area contributed by atoms with Crippen molar-refractivity contribution < 1.29 is 22.3 Å². The number of alkyl halides is 3. The molecule has 1 aromatic heterocycles. The van der Waals surface area contributed by atoms with Crippen LogP contribution in [0.3, 0.4) is 0 Å². The van der Waals surface area contributed by atoms with Crippen LogP contribution >= 0.6 is 0 Å². The van der Waals surface area contributed by atoms with Crippen LogP contribution in [-0.4, -0.2) is 43.8 Å². The number of hydrogen-bond acceptors (Lipinski definition) is 5. The largest absolute Gasteiger partial charge is 0.433 e. The molecule has 1 aliphatic heterocycles. The Morgan fingerprint density at radius 3 is 2.32 bits per heavy atom. The molecule has 9 heteroatoms. The minimum atomic E-state index is -4.57. The van der Waals surface area contributed by atoms with Crippen LogP contribution in [-0.2, 0) is 16.3 Å². The molecule has 0 radical (unpaired) electrons. The molecule has 0 atom stereocenters. The summed E-state index contributed by atoms with van der Waals surface area (Å²) in [5, 5.41) is 2.98. The fraction of sp³-hybridized carbons (Fsp3) is 0.474. The van der Waals surface area contributed by atoms with Crippen LogP contribution in [0, 0.1) is 5.82 Å². The standard InChI is InChI=1S/C19H22F4N4O/c1-27(2)16-11-15(19(21,22)23)25-17(26-16)24-12-18(7-9-28-10-8-18)13-3-5-14(20)6-4-13/h3-6,11H,7-10,12H2,1-2H3,(H,24,25,26). The predicted octanol–water partition coefficient (Wildman–Crippen LogP) is 3.86. The van der Waals surface area contributed by atoms with E-state index in [1.807, 2.05) is 0 Å². The smallest absolute Gasteiger partial charge is 0.381 e. The second kappa shape index (κ2) is 7.90. The van der Waals surface area contributed by atoms with E-state index >= 15 is 0 Å². The van der Waals surface area contributed by atoms with E-state index in [2.05, 4.69) is 15.3 Å². The molecule has 0 aliphatic carbocycles. The summed E-state index contributed by atoms with van der Waals surface area (Å²) in [7, 11) is 3.23. The fourth-order valence-corrected chi connectivity index (χ4v) is 3.27. The number of anilines is 2. The van der Waals surface area contributed by atoms with Gasteiger partial charge in [-0.15, -0.1) is 0 Å². The van der Waals surface area contributed by atoms with E-state index in [0.717, 1.165) is 11.6 Å². The number of benzene rings is 1. The van der Waals surface area contributed by atoms with Gasteiger partial charge in [-0.25, -0.2) is 9.37 Å². The predicted molar refractivity (Wildman–Crippen MR) is 98.0 cm³/mol. The summed E-state index contributed by atoms with van der Waals surface area (Å²) in [6.45, 7) is 1.35. The normalized spacial score (nSPS) is 16.6. The highest BCUT2D eigenvalue weighted by Gasteiger charge is 2.36. The third-order valence-corrected chi connectivity index (χ3v) is 4.95. The van der Waals surface area contributed by atoms with Gasteiger partial charge < -0.3 is 15.0 Å². The van der Waals surface area contributed by atoms with Gasteiger partial charge >= 0.3 is 6.18 Å². The Morgan fingerprint density at radius 2 is 1.75 bits per heavy atom. The summed E-state index contributed by atoms with van der Waals surface area (Å²) in [5.74, 6) is -0.269. The van der Waals surface area contributed by atoms with Crippen molar-refractivity contribution in [1.82, 2.24) is 9.97 Å². The average Bonchev–Trinajstić information content (AvgIpc) is 2.66. The van der Waals surface area contributed by atoms with E-state index in [9.17, 15) is 17.6 Å². The summed E-state index contributed by atoms with van der Waals surface area (Å²) < 4.78 is 58.4. The Hall–Kier alpha value is -2.42. The molecule has 5 nitrogen and oxygen atoms in total. The number of halogens is 4. The van der Waals surface area contributed by atoms with Crippen LogP contribution in [0.15, 0.2) is 30.3 Å². The van der Waals surface area contributed by atoms with Crippen LogP contribution < -0.4 is 10.2 Å². The maximum Gasteiger partial charge on any atom is 0.433 e. The summed E-state index contributed by atoms with van der Waals surface area (Å²) >= 11 is 0. The lowest BCUT2D eigenvalue weighted by molar-refractivity contribution is -0.141. The average molecular weight is 398 g/mol. The molecule has 152 valence electrons. The van der Waals surface area contributed by atoms with Crippen molar-refractivity contribution in [3.8, 4) is 0 Å². The molecule has 1 N–H and O–H groups in total. The highest BCUT2D eigenvalue weighted by atomic mass is 19.4. The zero-order chi connectivity index (χ0) is 20.4. The summed E-state index contributed by atoms with van der Waals surface area (Å²) in [6, 6.07) is 7.10. The summed E-state index contributed by atoms with van der Waals surface area (Å²) in [4.78, 5) is 9.32. The van der Waals surface area contributed by atoms with Crippen molar-refractivity contribution >= 4 is 11.8 Å². The number of hydrogen-bond donors (Lipinski definition) is 1. The second-order valence-electron chi connectivity index (χ2n) is 7.08. The first-order valence-electron chi connectivity index (χ1n) is 8.91. The number of aromatic nitrogens is 2. The second-order valence-corrected chi connectivity index (χ2v) is 7.08. The highest BCUT2D eigenvalue weighted by Crippen LogP contribution is 2.36. The molecule has 1 aliphatic rings. The van der Waals surface area contributed by atoms with Crippen LogP contribution in [0.5, 0.6) is 0 Å². The van der Waals surface area contributed by atoms with Crippen molar-refractivity contribution in [3.63, 3.8) is 0 Å². The first kappa shape index (κ1) is 20.3. The van der Waals surface area contributed by atoms with Gasteiger partial charge in [-0.05, 0) is 30.5 Å². The summed E-state index contributed by atoms with van der Waals surface area (Å²) in [5.41, 5.74) is -0.497. The van der Waals surface area contributed by atoms with Crippen LogP contribution in [0.2, 0.25) is 0 Å². The Morgan fingerprint density at radius 1 is 1.11 bits per heavy atom. The molecule has 0 bridgehead atoms. The molecule has 28 heavy (non-hydrogen) atoms. The Bertz CT molecular complexity index is 803. The lowest BCUT2D eigenvalue weighted by Gasteiger charge is -2.38. The molecule has 2 aromatic rings. The van der Waals surface area contributed by atoms with Crippen molar-refractivity contribution in [3.05, 3.63) is 47.4 Å². The number of ether oxygens (including phenoxy) is 1. The van der Waals surface area contributed by atoms with E-state index in [0.29, 0.717) is 32.6 Å². The molecular formula is C19H22F4N4O. The number of rotatable bonds is 5. The van der Waals surface area contributed by atoms with E-state index in [1.165, 1.54) is 17.0 Å². The molecule has 0 spiro atoms. The van der Waals surface area contributed by atoms with Gasteiger partial charge in [0.2, 0.25) is 5.95 Å². The van der Waals surface area contributed by atoms with E-state index in [1.54, 1.807) is 26.2 Å². The number of nitrogens with zero attached hydrogens (tertiary/aromatic N) is 3. The molecule has 1 saturated heterocycles. The Balaban J connectivity index is 1.89. The van der Waals surface area contributed by atoms with E-state index in [4.69, 9.17) is 4.74 Å². The molecule has 0 saturated carbocycles. The van der Waals surface area contributed by atoms with E-state index in [-0.39, 0.29) is 17.6 Å². The van der Waals surface area contributed by atoms with Crippen molar-refractivity contribution in [2.75, 3.05) is 44.1 Å². The Labute approximate surface area is 160 Å². The molecule has 0 amide bonds. The van der Waals surface area contributed by atoms with E-state index < -0.39 is 17.3 Å². The molecule has 1 fully saturated rings. The Kier molecular flexibility index (Phi) is 5.74. The van der Waals surface area contributed by atoms with Crippen molar-refractivity contribution in [2.45, 2.75) is 24.4 Å². The minimum absolute atomic E-state index is 0.0912. The number of nitrogens with one attached hydrogen (secondary N) is 1. The van der Waals surface area contributed by atoms with Crippen molar-refractivity contribution in [1.29, 1.82) is 0 Å². The van der Waals surface area contributed by atoms with Gasteiger partial charge in [0.05, 0.1) is 0 Å². The van der Waals surface area contributed by atoms with Gasteiger partial charge in [0.1, 0.15) is 11.6 Å².